The number of aromatic nitrogens is 1. The molecule has 0 saturated carbocycles. The summed E-state index contributed by atoms with van der Waals surface area (Å²) < 4.78 is 46.5. The first-order valence-corrected chi connectivity index (χ1v) is 12.1. The number of morpholine rings is 1. The lowest BCUT2D eigenvalue weighted by Crippen LogP contribution is -2.39. The second-order valence-corrected chi connectivity index (χ2v) is 9.11. The number of alkyl halides is 3. The predicted molar refractivity (Wildman–Crippen MR) is 122 cm³/mol. The van der Waals surface area contributed by atoms with Crippen molar-refractivity contribution in [3.05, 3.63) is 52.0 Å². The number of ether oxygens (including phenoxy) is 2. The van der Waals surface area contributed by atoms with E-state index >= 15 is 0 Å². The molecule has 11 heteroatoms. The number of rotatable bonds is 8. The van der Waals surface area contributed by atoms with Gasteiger partial charge in [-0.2, -0.15) is 0 Å². The number of carbonyl (C=O) groups is 1. The molecule has 4 rings (SSSR count). The molecule has 0 N–H and O–H groups in total. The molecule has 0 bridgehead atoms. The molecule has 0 spiro atoms. The highest BCUT2D eigenvalue weighted by atomic mass is 32.1. The molecule has 1 fully saturated rings. The van der Waals surface area contributed by atoms with Crippen molar-refractivity contribution in [3.8, 4) is 17.0 Å². The number of anilines is 1. The molecule has 6 nitrogen and oxygen atoms in total. The summed E-state index contributed by atoms with van der Waals surface area (Å²) in [6.07, 6.45) is -3.95. The maximum absolute atomic E-state index is 13.2. The molecule has 3 heterocycles. The Hall–Kier alpha value is -2.47. The van der Waals surface area contributed by atoms with E-state index in [2.05, 4.69) is 14.6 Å². The fraction of sp³-hybridized carbons (Fsp3) is 0.364. The second kappa shape index (κ2) is 10.6. The van der Waals surface area contributed by atoms with Gasteiger partial charge in [-0.15, -0.1) is 35.8 Å². The molecule has 33 heavy (non-hydrogen) atoms. The van der Waals surface area contributed by atoms with Crippen LogP contribution >= 0.6 is 22.7 Å². The van der Waals surface area contributed by atoms with E-state index in [4.69, 9.17) is 4.74 Å². The number of nitrogens with zero attached hydrogens (tertiary/aromatic N) is 3. The van der Waals surface area contributed by atoms with E-state index in [1.54, 1.807) is 16.3 Å². The number of hydrogen-bond acceptors (Lipinski definition) is 7. The van der Waals surface area contributed by atoms with Crippen LogP contribution < -0.4 is 9.64 Å². The second-order valence-electron chi connectivity index (χ2n) is 7.33. The molecule has 176 valence electrons. The van der Waals surface area contributed by atoms with Gasteiger partial charge in [0, 0.05) is 37.1 Å². The molecule has 0 radical (unpaired) electrons. The Kier molecular flexibility index (Phi) is 7.63. The van der Waals surface area contributed by atoms with Gasteiger partial charge in [-0.1, -0.05) is 6.07 Å². The maximum atomic E-state index is 13.2. The monoisotopic (exact) mass is 497 g/mol. The van der Waals surface area contributed by atoms with E-state index < -0.39 is 6.36 Å². The summed E-state index contributed by atoms with van der Waals surface area (Å²) in [5, 5.41) is 4.21. The van der Waals surface area contributed by atoms with Gasteiger partial charge in [0.2, 0.25) is 0 Å². The van der Waals surface area contributed by atoms with Crippen LogP contribution in [-0.4, -0.2) is 61.5 Å². The lowest BCUT2D eigenvalue weighted by Gasteiger charge is -2.27. The first-order valence-electron chi connectivity index (χ1n) is 10.4. The Morgan fingerprint density at radius 3 is 2.58 bits per heavy atom. The topological polar surface area (TPSA) is 54.9 Å². The summed E-state index contributed by atoms with van der Waals surface area (Å²) in [7, 11) is 0. The third kappa shape index (κ3) is 6.53. The van der Waals surface area contributed by atoms with Crippen molar-refractivity contribution in [1.82, 2.24) is 9.88 Å². The van der Waals surface area contributed by atoms with Gasteiger partial charge in [-0.05, 0) is 42.1 Å². The molecular weight excluding hydrogens is 475 g/mol. The molecule has 1 amide bonds. The average Bonchev–Trinajstić information content (AvgIpc) is 3.49. The molecule has 2 aromatic heterocycles. The van der Waals surface area contributed by atoms with Crippen LogP contribution in [0.25, 0.3) is 11.3 Å². The molecule has 1 aliphatic rings. The van der Waals surface area contributed by atoms with Crippen LogP contribution in [0.2, 0.25) is 0 Å². The van der Waals surface area contributed by atoms with E-state index in [0.29, 0.717) is 27.8 Å². The predicted octanol–water partition coefficient (Wildman–Crippen LogP) is 5.14. The lowest BCUT2D eigenvalue weighted by atomic mass is 10.2. The van der Waals surface area contributed by atoms with Crippen molar-refractivity contribution in [1.29, 1.82) is 0 Å². The van der Waals surface area contributed by atoms with E-state index in [1.165, 1.54) is 46.9 Å². The molecule has 0 aliphatic carbocycles. The Bertz CT molecular complexity index is 1030. The molecule has 0 atom stereocenters. The Balaban J connectivity index is 1.48. The normalized spacial score (nSPS) is 14.9. The van der Waals surface area contributed by atoms with Crippen LogP contribution in [0.5, 0.6) is 5.75 Å². The number of carbonyl (C=O) groups excluding carboxylic acids is 1. The van der Waals surface area contributed by atoms with Crippen LogP contribution in [0.1, 0.15) is 16.1 Å². The molecule has 0 unspecified atom stereocenters. The van der Waals surface area contributed by atoms with Gasteiger partial charge in [0.05, 0.1) is 23.8 Å². The van der Waals surface area contributed by atoms with Gasteiger partial charge in [-0.3, -0.25) is 14.6 Å². The number of hydrogen-bond donors (Lipinski definition) is 0. The number of amides is 1. The molecule has 1 aromatic carbocycles. The van der Waals surface area contributed by atoms with Crippen molar-refractivity contribution in [3.63, 3.8) is 0 Å². The van der Waals surface area contributed by atoms with Gasteiger partial charge in [0.1, 0.15) is 5.75 Å². The Morgan fingerprint density at radius 1 is 1.15 bits per heavy atom. The summed E-state index contributed by atoms with van der Waals surface area (Å²) in [4.78, 5) is 22.4. The highest BCUT2D eigenvalue weighted by Gasteiger charge is 2.31. The Morgan fingerprint density at radius 2 is 1.91 bits per heavy atom. The van der Waals surface area contributed by atoms with Gasteiger partial charge in [-0.25, -0.2) is 4.98 Å². The quantitative estimate of drug-likeness (QED) is 0.432. The zero-order chi connectivity index (χ0) is 23.3. The zero-order valence-electron chi connectivity index (χ0n) is 17.6. The summed E-state index contributed by atoms with van der Waals surface area (Å²) >= 11 is 2.71. The minimum absolute atomic E-state index is 0.109. The third-order valence-electron chi connectivity index (χ3n) is 5.04. The lowest BCUT2D eigenvalue weighted by molar-refractivity contribution is -0.274. The standard InChI is InChI=1S/C22H22F3N3O3S2/c23-22(24,25)31-17-6-4-16(5-7-17)18-15-33-21(26-18)28(20(29)19-3-1-14-32-19)9-2-8-27-10-12-30-13-11-27/h1,3-7,14-15H,2,8-13H2. The van der Waals surface area contributed by atoms with E-state index in [0.717, 1.165) is 39.3 Å². The van der Waals surface area contributed by atoms with Crippen LogP contribution in [0.15, 0.2) is 47.2 Å². The molecule has 1 aliphatic heterocycles. The first kappa shape index (κ1) is 23.7. The summed E-state index contributed by atoms with van der Waals surface area (Å²) in [6.45, 7) is 4.58. The van der Waals surface area contributed by atoms with Crippen molar-refractivity contribution >= 4 is 33.7 Å². The van der Waals surface area contributed by atoms with Crippen molar-refractivity contribution in [2.45, 2.75) is 12.8 Å². The van der Waals surface area contributed by atoms with Crippen LogP contribution in [-0.2, 0) is 4.74 Å². The minimum atomic E-state index is -4.74. The van der Waals surface area contributed by atoms with Gasteiger partial charge in [0.25, 0.3) is 5.91 Å². The highest BCUT2D eigenvalue weighted by Crippen LogP contribution is 2.31. The summed E-state index contributed by atoms with van der Waals surface area (Å²) in [5.74, 6) is -0.402. The fourth-order valence-corrected chi connectivity index (χ4v) is 4.97. The number of thiophene rings is 1. The van der Waals surface area contributed by atoms with Gasteiger partial charge in [0.15, 0.2) is 5.13 Å². The summed E-state index contributed by atoms with van der Waals surface area (Å²) in [5.41, 5.74) is 1.23. The number of halogens is 3. The summed E-state index contributed by atoms with van der Waals surface area (Å²) in [6, 6.07) is 9.16. The first-order chi connectivity index (χ1) is 15.9. The molecule has 1 saturated heterocycles. The number of thiazole rings is 1. The average molecular weight is 498 g/mol. The van der Waals surface area contributed by atoms with Crippen LogP contribution in [0, 0.1) is 0 Å². The fourth-order valence-electron chi connectivity index (χ4n) is 3.44. The maximum Gasteiger partial charge on any atom is 0.573 e. The van der Waals surface area contributed by atoms with Gasteiger partial charge < -0.3 is 9.47 Å². The van der Waals surface area contributed by atoms with Crippen molar-refractivity contribution in [2.24, 2.45) is 0 Å². The number of benzene rings is 1. The molecular formula is C22H22F3N3O3S2. The van der Waals surface area contributed by atoms with Crippen LogP contribution in [0.3, 0.4) is 0 Å². The van der Waals surface area contributed by atoms with Crippen LogP contribution in [0.4, 0.5) is 18.3 Å². The zero-order valence-corrected chi connectivity index (χ0v) is 19.2. The highest BCUT2D eigenvalue weighted by molar-refractivity contribution is 7.14. The smallest absolute Gasteiger partial charge is 0.406 e. The third-order valence-corrected chi connectivity index (χ3v) is 6.76. The SMILES string of the molecule is O=C(c1cccs1)N(CCCN1CCOCC1)c1nc(-c2ccc(OC(F)(F)F)cc2)cs1. The van der Waals surface area contributed by atoms with Crippen molar-refractivity contribution < 1.29 is 27.4 Å². The van der Waals surface area contributed by atoms with E-state index in [9.17, 15) is 18.0 Å². The van der Waals surface area contributed by atoms with Gasteiger partial charge >= 0.3 is 6.36 Å². The van der Waals surface area contributed by atoms with E-state index in [-0.39, 0.29) is 11.7 Å². The van der Waals surface area contributed by atoms with Crippen molar-refractivity contribution in [2.75, 3.05) is 44.3 Å². The van der Waals surface area contributed by atoms with E-state index in [1.807, 2.05) is 11.4 Å². The minimum Gasteiger partial charge on any atom is -0.406 e. The Labute approximate surface area is 197 Å². The largest absolute Gasteiger partial charge is 0.573 e. The molecule has 3 aromatic rings.